The van der Waals surface area contributed by atoms with Gasteiger partial charge in [0.15, 0.2) is 43.0 Å². The van der Waals surface area contributed by atoms with Crippen molar-refractivity contribution in [3.63, 3.8) is 0 Å². The van der Waals surface area contributed by atoms with Gasteiger partial charge in [0, 0.05) is 109 Å². The maximum Gasteiger partial charge on any atom is 0.289 e. The molecule has 9 aromatic rings. The van der Waals surface area contributed by atoms with E-state index in [9.17, 15) is 51.5 Å². The fourth-order valence-electron chi connectivity index (χ4n) is 19.6. The van der Waals surface area contributed by atoms with Crippen LogP contribution in [0.4, 0.5) is 13.2 Å². The molecule has 12 fully saturated rings. The van der Waals surface area contributed by atoms with Gasteiger partial charge in [-0.3, -0.25) is 48.0 Å². The molecule has 24 nitrogen and oxygen atoms in total. The monoisotopic (exact) mass is 1690 g/mol. The van der Waals surface area contributed by atoms with Crippen LogP contribution in [0.5, 0.6) is 23.0 Å². The third kappa shape index (κ3) is 17.7. The number of ether oxygens (including phenoxy) is 4. The molecule has 5 aromatic carbocycles. The number of amides is 4. The van der Waals surface area contributed by atoms with Crippen molar-refractivity contribution >= 4 is 116 Å². The quantitative estimate of drug-likeness (QED) is 0.0331. The highest BCUT2D eigenvalue weighted by Gasteiger charge is 2.71. The van der Waals surface area contributed by atoms with Gasteiger partial charge in [-0.2, -0.15) is 5.10 Å². The topological polar surface area (TPSA) is 309 Å². The van der Waals surface area contributed by atoms with E-state index in [1.165, 1.54) is 47.7 Å². The molecule has 0 spiro atoms. The van der Waals surface area contributed by atoms with Crippen LogP contribution in [0.1, 0.15) is 185 Å². The van der Waals surface area contributed by atoms with E-state index in [4.69, 9.17) is 65.4 Å². The van der Waals surface area contributed by atoms with Crippen molar-refractivity contribution in [1.29, 1.82) is 0 Å². The van der Waals surface area contributed by atoms with Gasteiger partial charge in [-0.25, -0.2) is 23.1 Å². The summed E-state index contributed by atoms with van der Waals surface area (Å²) in [5, 5.41) is 25.4. The van der Waals surface area contributed by atoms with Gasteiger partial charge in [0.25, 0.3) is 23.6 Å². The number of carbonyl (C=O) groups is 8. The third-order valence-corrected chi connectivity index (χ3v) is 26.3. The number of ketones is 4. The minimum Gasteiger partial charge on any atom is -0.486 e. The van der Waals surface area contributed by atoms with E-state index in [0.29, 0.717) is 64.4 Å². The molecule has 13 aliphatic rings. The Morgan fingerprint density at radius 2 is 0.957 bits per heavy atom. The molecule has 117 heavy (non-hydrogen) atoms. The highest BCUT2D eigenvalue weighted by atomic mass is 35.5. The van der Waals surface area contributed by atoms with Crippen LogP contribution in [0.25, 0.3) is 11.0 Å². The van der Waals surface area contributed by atoms with Crippen molar-refractivity contribution in [2.45, 2.75) is 178 Å². The smallest absolute Gasteiger partial charge is 0.289 e. The number of nitrogens with one attached hydrogen (secondary N) is 4. The van der Waals surface area contributed by atoms with Crippen LogP contribution >= 0.6 is 57.7 Å². The zero-order valence-electron chi connectivity index (χ0n) is 64.9. The number of para-hydroxylation sites is 1. The summed E-state index contributed by atoms with van der Waals surface area (Å²) in [5.41, 5.74) is 6.64. The average molecular weight is 1700 g/mol. The lowest BCUT2D eigenvalue weighted by Crippen LogP contribution is -2.75. The SMILES string of the molecule is Cc1cc(OCC(=O)CC23CC(NC(=O)c4nnc5n4CCCC5)(C2)C3)ccc1Cl.Cc1cnc2cccc(C(=O)CC34CC(NC(=O)COc5ccc(Cl)c(F)c5)(C3)C4)c2n1.Cc1ncsc1C(=O)CC12CC(NC(=O)COc3ccc(Cl)c(F)c3)(C1)C2.Cc1nn(C)cc1C(=O)CC12CC(NC(=O)COc3ccc(Cl)c(F)c3)(C1)C2. The molecule has 8 bridgehead atoms. The van der Waals surface area contributed by atoms with Crippen molar-refractivity contribution in [3.8, 4) is 23.0 Å². The minimum atomic E-state index is -0.594. The Kier molecular flexibility index (Phi) is 22.6. The number of rotatable bonds is 28. The van der Waals surface area contributed by atoms with E-state index in [0.717, 1.165) is 154 Å². The van der Waals surface area contributed by atoms with E-state index in [2.05, 4.69) is 51.5 Å². The van der Waals surface area contributed by atoms with E-state index in [1.54, 1.807) is 47.8 Å². The normalized spacial score (nSPS) is 24.9. The van der Waals surface area contributed by atoms with Gasteiger partial charge in [0.1, 0.15) is 52.9 Å². The van der Waals surface area contributed by atoms with Gasteiger partial charge in [-0.15, -0.1) is 21.5 Å². The van der Waals surface area contributed by atoms with Crippen molar-refractivity contribution in [2.24, 2.45) is 28.7 Å². The summed E-state index contributed by atoms with van der Waals surface area (Å²) in [7, 11) is 1.80. The first-order chi connectivity index (χ1) is 55.6. The second kappa shape index (κ2) is 32.1. The molecular weight excluding hydrogens is 1610 g/mol. The number of benzene rings is 5. The Hall–Kier alpha value is -9.87. The molecule has 0 saturated heterocycles. The van der Waals surface area contributed by atoms with Gasteiger partial charge < -0.3 is 44.8 Å². The lowest BCUT2D eigenvalue weighted by Gasteiger charge is -2.70. The number of thiazole rings is 1. The summed E-state index contributed by atoms with van der Waals surface area (Å²) in [6, 6.07) is 23.0. The molecule has 4 aromatic heterocycles. The van der Waals surface area contributed by atoms with Gasteiger partial charge in [0.2, 0.25) is 5.82 Å². The van der Waals surface area contributed by atoms with Crippen molar-refractivity contribution in [1.82, 2.24) is 60.8 Å². The van der Waals surface area contributed by atoms with E-state index in [1.807, 2.05) is 50.5 Å². The molecule has 5 heterocycles. The zero-order valence-corrected chi connectivity index (χ0v) is 68.7. The predicted octanol–water partition coefficient (Wildman–Crippen LogP) is 14.8. The Morgan fingerprint density at radius 3 is 1.42 bits per heavy atom. The lowest BCUT2D eigenvalue weighted by atomic mass is 9.38. The van der Waals surface area contributed by atoms with Crippen LogP contribution in [0, 0.1) is 66.8 Å². The van der Waals surface area contributed by atoms with Crippen molar-refractivity contribution in [2.75, 3.05) is 26.4 Å². The Balaban J connectivity index is 0.000000122. The highest BCUT2D eigenvalue weighted by Crippen LogP contribution is 2.72. The van der Waals surface area contributed by atoms with Crippen LogP contribution in [0.2, 0.25) is 20.1 Å². The molecule has 612 valence electrons. The predicted molar refractivity (Wildman–Crippen MR) is 429 cm³/mol. The van der Waals surface area contributed by atoms with Crippen LogP contribution < -0.4 is 40.2 Å². The molecule has 32 heteroatoms. The summed E-state index contributed by atoms with van der Waals surface area (Å²) in [5.74, 6) is 0.465. The van der Waals surface area contributed by atoms with Crippen LogP contribution in [0.15, 0.2) is 109 Å². The van der Waals surface area contributed by atoms with Gasteiger partial charge >= 0.3 is 0 Å². The molecule has 12 aliphatic carbocycles. The first kappa shape index (κ1) is 82.2. The summed E-state index contributed by atoms with van der Waals surface area (Å²) >= 11 is 24.3. The Morgan fingerprint density at radius 1 is 0.504 bits per heavy atom. The molecule has 12 saturated carbocycles. The van der Waals surface area contributed by atoms with Crippen molar-refractivity contribution in [3.05, 3.63) is 197 Å². The van der Waals surface area contributed by atoms with Crippen LogP contribution in [-0.2, 0) is 39.2 Å². The number of hydrogen-bond donors (Lipinski definition) is 4. The standard InChI is InChI=1S/C24H21ClFN3O3.C22H25ClN4O3.C20H21ClFN3O3.C19H18ClFN2O3S/c1-14-9-27-19-4-2-3-16(22(19)28-14)20(30)8-23-11-24(12-23,13-23)29-21(31)10-32-15-5-6-17(25)18(26)7-15;1-14-8-16(5-6-17(14)23)30-10-15(28)9-21-11-22(12-21,13-21)24-20(29)19-26-25-18-4-2-3-7-27(18)19;1-12-14(7-25(2)24-12)17(26)6-19-9-20(10-19,11-19)23-18(27)8-28-13-3-4-15(21)16(22)5-13;1-11-17(27-10-22-11)15(24)5-18-7-19(8-18,9-18)23-16(25)6-26-12-2-3-13(20)14(21)4-12/h2-7,9H,8,10-13H2,1H3,(H,29,31);5-6,8H,2-4,7,9-13H2,1H3,(H,24,29);3-5,7H,6,8-11H2,1-2H3,(H,23,27);2-4,10H,5-9H2,1H3,(H,23,25). The Labute approximate surface area is 695 Å². The summed E-state index contributed by atoms with van der Waals surface area (Å²) in [6.45, 7) is 7.73. The summed E-state index contributed by atoms with van der Waals surface area (Å²) in [6.07, 6.45) is 18.1. The molecule has 0 radical (unpaired) electrons. The van der Waals surface area contributed by atoms with Crippen LogP contribution in [-0.4, -0.2) is 135 Å². The molecule has 4 N–H and O–H groups in total. The Bertz CT molecular complexity index is 5440. The van der Waals surface area contributed by atoms with Crippen molar-refractivity contribution < 1.29 is 70.5 Å². The first-order valence-corrected chi connectivity index (χ1v) is 41.1. The number of hydrogen-bond acceptors (Lipinski definition) is 19. The van der Waals surface area contributed by atoms with Gasteiger partial charge in [0.05, 0.1) is 59.1 Å². The summed E-state index contributed by atoms with van der Waals surface area (Å²) in [4.78, 5) is 113. The molecule has 22 rings (SSSR count). The number of Topliss-reactive ketones (excluding diaryl/α,β-unsaturated/α-hetero) is 4. The second-order valence-corrected chi connectivity index (χ2v) is 36.4. The van der Waals surface area contributed by atoms with Crippen LogP contribution in [0.3, 0.4) is 0 Å². The van der Waals surface area contributed by atoms with E-state index >= 15 is 0 Å². The maximum atomic E-state index is 13.5. The summed E-state index contributed by atoms with van der Waals surface area (Å²) < 4.78 is 65.5. The van der Waals surface area contributed by atoms with E-state index < -0.39 is 17.5 Å². The highest BCUT2D eigenvalue weighted by molar-refractivity contribution is 7.12. The zero-order chi connectivity index (χ0) is 82.8. The molecular formula is C85H85Cl4F3N12O12S. The lowest BCUT2D eigenvalue weighted by molar-refractivity contribution is -0.165. The third-order valence-electron chi connectivity index (χ3n) is 24.0. The molecule has 1 aliphatic heterocycles. The van der Waals surface area contributed by atoms with Gasteiger partial charge in [-0.1, -0.05) is 52.5 Å². The second-order valence-electron chi connectivity index (χ2n) is 34.0. The maximum absolute atomic E-state index is 13.5. The molecule has 4 amide bonds. The largest absolute Gasteiger partial charge is 0.486 e. The molecule has 0 unspecified atom stereocenters. The number of nitrogens with zero attached hydrogens (tertiary/aromatic N) is 8. The fourth-order valence-corrected chi connectivity index (χ4v) is 20.8. The average Bonchev–Trinajstić information content (AvgIpc) is 1.09. The first-order valence-electron chi connectivity index (χ1n) is 38.7. The molecule has 0 atom stereocenters. The fraction of sp³-hybridized carbons (Fsp3) is 0.435. The van der Waals surface area contributed by atoms with Gasteiger partial charge in [-0.05, 0) is 212 Å². The number of fused-ring (bicyclic) bond motifs is 2. The minimum absolute atomic E-state index is 0.00110. The number of aromatic nitrogens is 8. The number of halogens is 7. The number of carbonyl (C=O) groups excluding carboxylic acids is 8. The van der Waals surface area contributed by atoms with E-state index in [-0.39, 0.29) is 149 Å². The number of aryl methyl sites for hydroxylation is 6.